The van der Waals surface area contributed by atoms with Crippen LogP contribution in [0.3, 0.4) is 0 Å². The Kier molecular flexibility index (Phi) is 3.80. The largest absolute Gasteiger partial charge is 0.480 e. The summed E-state index contributed by atoms with van der Waals surface area (Å²) in [6.45, 7) is 1.84. The number of aliphatic carboxylic acids is 1. The number of rotatable bonds is 3. The van der Waals surface area contributed by atoms with Crippen molar-refractivity contribution in [3.8, 4) is 0 Å². The Labute approximate surface area is 103 Å². The van der Waals surface area contributed by atoms with E-state index in [0.717, 1.165) is 12.4 Å². The summed E-state index contributed by atoms with van der Waals surface area (Å²) in [6, 6.07) is 1.28. The van der Waals surface area contributed by atoms with E-state index in [9.17, 15) is 4.79 Å². The van der Waals surface area contributed by atoms with E-state index < -0.39 is 12.0 Å². The maximum Gasteiger partial charge on any atom is 0.322 e. The van der Waals surface area contributed by atoms with Crippen LogP contribution in [-0.4, -0.2) is 53.0 Å². The number of nitrogens with zero attached hydrogens (tertiary/aromatic N) is 3. The van der Waals surface area contributed by atoms with Gasteiger partial charge >= 0.3 is 5.97 Å². The lowest BCUT2D eigenvalue weighted by atomic mass is 10.2. The summed E-state index contributed by atoms with van der Waals surface area (Å²) in [7, 11) is 0. The Morgan fingerprint density at radius 3 is 3.24 bits per heavy atom. The number of anilines is 1. The Bertz CT molecular complexity index is 415. The maximum atomic E-state index is 10.9. The summed E-state index contributed by atoms with van der Waals surface area (Å²) < 4.78 is 0. The standard InChI is InChI=1S/C10H14N4O2S/c1-17-10-12-3-2-8(13-10)14-5-4-11-7(6-14)9(15)16/h2-3,7,11H,4-6H2,1H3,(H,15,16)/t7-/m0/s1. The smallest absolute Gasteiger partial charge is 0.322 e. The van der Waals surface area contributed by atoms with Crippen molar-refractivity contribution in [1.82, 2.24) is 15.3 Å². The molecule has 7 heteroatoms. The molecule has 17 heavy (non-hydrogen) atoms. The summed E-state index contributed by atoms with van der Waals surface area (Å²) >= 11 is 1.47. The van der Waals surface area contributed by atoms with Gasteiger partial charge < -0.3 is 15.3 Å². The lowest BCUT2D eigenvalue weighted by molar-refractivity contribution is -0.139. The van der Waals surface area contributed by atoms with Gasteiger partial charge in [0, 0.05) is 25.8 Å². The molecule has 0 radical (unpaired) electrons. The summed E-state index contributed by atoms with van der Waals surface area (Å²) in [5, 5.41) is 12.6. The van der Waals surface area contributed by atoms with Gasteiger partial charge in [0.15, 0.2) is 5.16 Å². The molecule has 1 atom stereocenters. The number of hydrogen-bond acceptors (Lipinski definition) is 6. The molecule has 0 saturated carbocycles. The predicted octanol–water partition coefficient (Wildman–Crippen LogP) is 0.0613. The molecule has 1 aliphatic heterocycles. The number of piperazine rings is 1. The van der Waals surface area contributed by atoms with Gasteiger partial charge in [0.05, 0.1) is 0 Å². The molecule has 0 spiro atoms. The third kappa shape index (κ3) is 2.86. The minimum atomic E-state index is -0.825. The van der Waals surface area contributed by atoms with E-state index in [2.05, 4.69) is 15.3 Å². The van der Waals surface area contributed by atoms with Crippen molar-refractivity contribution in [2.24, 2.45) is 0 Å². The van der Waals surface area contributed by atoms with Gasteiger partial charge in [-0.1, -0.05) is 11.8 Å². The van der Waals surface area contributed by atoms with Gasteiger partial charge in [-0.25, -0.2) is 9.97 Å². The van der Waals surface area contributed by atoms with E-state index in [-0.39, 0.29) is 0 Å². The highest BCUT2D eigenvalue weighted by molar-refractivity contribution is 7.98. The predicted molar refractivity (Wildman–Crippen MR) is 65.5 cm³/mol. The van der Waals surface area contributed by atoms with Crippen LogP contribution in [0, 0.1) is 0 Å². The molecular formula is C10H14N4O2S. The van der Waals surface area contributed by atoms with E-state index in [1.54, 1.807) is 6.20 Å². The monoisotopic (exact) mass is 254 g/mol. The van der Waals surface area contributed by atoms with Crippen molar-refractivity contribution < 1.29 is 9.90 Å². The van der Waals surface area contributed by atoms with Crippen molar-refractivity contribution in [2.75, 3.05) is 30.8 Å². The second-order valence-corrected chi connectivity index (χ2v) is 4.47. The molecule has 1 aromatic heterocycles. The van der Waals surface area contributed by atoms with Gasteiger partial charge in [0.1, 0.15) is 11.9 Å². The van der Waals surface area contributed by atoms with Crippen LogP contribution in [0.15, 0.2) is 17.4 Å². The van der Waals surface area contributed by atoms with Crippen LogP contribution >= 0.6 is 11.8 Å². The topological polar surface area (TPSA) is 78.4 Å². The van der Waals surface area contributed by atoms with Crippen molar-refractivity contribution in [3.63, 3.8) is 0 Å². The molecule has 0 aliphatic carbocycles. The number of hydrogen-bond donors (Lipinski definition) is 2. The summed E-state index contributed by atoms with van der Waals surface area (Å²) in [5.74, 6) is -0.0362. The Morgan fingerprint density at radius 2 is 2.53 bits per heavy atom. The van der Waals surface area contributed by atoms with Gasteiger partial charge in [-0.15, -0.1) is 0 Å². The van der Waals surface area contributed by atoms with Gasteiger partial charge in [0.2, 0.25) is 0 Å². The van der Waals surface area contributed by atoms with E-state index in [4.69, 9.17) is 5.11 Å². The highest BCUT2D eigenvalue weighted by Crippen LogP contribution is 2.16. The average molecular weight is 254 g/mol. The molecular weight excluding hydrogens is 240 g/mol. The SMILES string of the molecule is CSc1nccc(N2CCN[C@H](C(=O)O)C2)n1. The van der Waals surface area contributed by atoms with Crippen LogP contribution in [-0.2, 0) is 4.79 Å². The highest BCUT2D eigenvalue weighted by Gasteiger charge is 2.25. The average Bonchev–Trinajstić information content (AvgIpc) is 2.39. The summed E-state index contributed by atoms with van der Waals surface area (Å²) in [5.41, 5.74) is 0. The second kappa shape index (κ2) is 5.33. The molecule has 2 N–H and O–H groups in total. The molecule has 1 saturated heterocycles. The Balaban J connectivity index is 2.13. The van der Waals surface area contributed by atoms with E-state index in [1.165, 1.54) is 11.8 Å². The number of carbonyl (C=O) groups is 1. The van der Waals surface area contributed by atoms with E-state index >= 15 is 0 Å². The van der Waals surface area contributed by atoms with Crippen LogP contribution in [0.5, 0.6) is 0 Å². The fraction of sp³-hybridized carbons (Fsp3) is 0.500. The minimum Gasteiger partial charge on any atom is -0.480 e. The molecule has 0 aromatic carbocycles. The van der Waals surface area contributed by atoms with Crippen molar-refractivity contribution >= 4 is 23.5 Å². The molecule has 92 valence electrons. The first kappa shape index (κ1) is 12.1. The number of carboxylic acids is 1. The molecule has 0 amide bonds. The number of carboxylic acid groups (broad SMARTS) is 1. The maximum absolute atomic E-state index is 10.9. The normalized spacial score (nSPS) is 20.3. The quantitative estimate of drug-likeness (QED) is 0.583. The third-order valence-electron chi connectivity index (χ3n) is 2.60. The molecule has 6 nitrogen and oxygen atoms in total. The van der Waals surface area contributed by atoms with E-state index in [0.29, 0.717) is 18.2 Å². The van der Waals surface area contributed by atoms with Gasteiger partial charge in [-0.3, -0.25) is 4.79 Å². The van der Waals surface area contributed by atoms with Gasteiger partial charge in [0.25, 0.3) is 0 Å². The Hall–Kier alpha value is -1.34. The van der Waals surface area contributed by atoms with Gasteiger partial charge in [-0.05, 0) is 12.3 Å². The van der Waals surface area contributed by atoms with E-state index in [1.807, 2.05) is 17.2 Å². The molecule has 0 unspecified atom stereocenters. The number of aromatic nitrogens is 2. The zero-order valence-corrected chi connectivity index (χ0v) is 10.3. The van der Waals surface area contributed by atoms with Crippen LogP contribution < -0.4 is 10.2 Å². The molecule has 2 rings (SSSR count). The van der Waals surface area contributed by atoms with Gasteiger partial charge in [-0.2, -0.15) is 0 Å². The van der Waals surface area contributed by atoms with Crippen molar-refractivity contribution in [2.45, 2.75) is 11.2 Å². The number of nitrogens with one attached hydrogen (secondary N) is 1. The number of thioether (sulfide) groups is 1. The van der Waals surface area contributed by atoms with Crippen molar-refractivity contribution in [3.05, 3.63) is 12.3 Å². The van der Waals surface area contributed by atoms with Crippen LogP contribution in [0.2, 0.25) is 0 Å². The Morgan fingerprint density at radius 1 is 1.71 bits per heavy atom. The fourth-order valence-electron chi connectivity index (χ4n) is 1.73. The first-order valence-corrected chi connectivity index (χ1v) is 6.51. The molecule has 1 aliphatic rings. The highest BCUT2D eigenvalue weighted by atomic mass is 32.2. The zero-order chi connectivity index (χ0) is 12.3. The lowest BCUT2D eigenvalue weighted by Gasteiger charge is -2.32. The second-order valence-electron chi connectivity index (χ2n) is 3.69. The molecule has 2 heterocycles. The third-order valence-corrected chi connectivity index (χ3v) is 3.16. The first-order chi connectivity index (χ1) is 8.20. The van der Waals surface area contributed by atoms with Crippen LogP contribution in [0.25, 0.3) is 0 Å². The summed E-state index contributed by atoms with van der Waals surface area (Å²) in [6.07, 6.45) is 3.61. The summed E-state index contributed by atoms with van der Waals surface area (Å²) in [4.78, 5) is 21.4. The zero-order valence-electron chi connectivity index (χ0n) is 9.46. The first-order valence-electron chi connectivity index (χ1n) is 5.29. The minimum absolute atomic E-state index is 0.431. The fourth-order valence-corrected chi connectivity index (χ4v) is 2.08. The lowest BCUT2D eigenvalue weighted by Crippen LogP contribution is -2.54. The van der Waals surface area contributed by atoms with Crippen molar-refractivity contribution in [1.29, 1.82) is 0 Å². The molecule has 0 bridgehead atoms. The molecule has 1 fully saturated rings. The van der Waals surface area contributed by atoms with Crippen LogP contribution in [0.1, 0.15) is 0 Å². The van der Waals surface area contributed by atoms with Crippen LogP contribution in [0.4, 0.5) is 5.82 Å². The molecule has 1 aromatic rings.